The van der Waals surface area contributed by atoms with Crippen LogP contribution in [0.25, 0.3) is 11.1 Å². The molecule has 0 saturated heterocycles. The van der Waals surface area contributed by atoms with Gasteiger partial charge in [0, 0.05) is 19.9 Å². The fourth-order valence-corrected chi connectivity index (χ4v) is 8.40. The van der Waals surface area contributed by atoms with Crippen LogP contribution in [0.3, 0.4) is 0 Å². The van der Waals surface area contributed by atoms with Gasteiger partial charge in [0.25, 0.3) is 0 Å². The molecule has 5 nitrogen and oxygen atoms in total. The van der Waals surface area contributed by atoms with Crippen LogP contribution in [0.15, 0.2) is 84.9 Å². The Kier molecular flexibility index (Phi) is 9.37. The number of hydrogen-bond acceptors (Lipinski definition) is 4. The molecule has 4 atom stereocenters. The molecule has 0 saturated carbocycles. The van der Waals surface area contributed by atoms with E-state index in [0.717, 1.165) is 32.1 Å². The zero-order valence-electron chi connectivity index (χ0n) is 28.5. The number of nitrogens with zero attached hydrogens (tertiary/aromatic N) is 1. The Hall–Kier alpha value is -4.24. The van der Waals surface area contributed by atoms with Crippen molar-refractivity contribution in [3.05, 3.63) is 129 Å². The van der Waals surface area contributed by atoms with Gasteiger partial charge in [-0.05, 0) is 134 Å². The van der Waals surface area contributed by atoms with Crippen LogP contribution in [0.4, 0.5) is 0 Å². The van der Waals surface area contributed by atoms with Crippen LogP contribution in [-0.4, -0.2) is 26.5 Å². The molecule has 6 rings (SSSR count). The first kappa shape index (κ1) is 32.7. The maximum atomic E-state index is 11.6. The molecule has 5 heteroatoms. The molecular weight excluding hydrogens is 576 g/mol. The summed E-state index contributed by atoms with van der Waals surface area (Å²) in [5.41, 5.74) is 12.4. The number of nitriles is 1. The Morgan fingerprint density at radius 3 is 2.09 bits per heavy atom. The molecule has 0 aliphatic heterocycles. The quantitative estimate of drug-likeness (QED) is 0.166. The SMILES string of the molecule is CN[C@]1(C)c2ccc(-c3ccc4c(c3)[C@](C)(NC)c3ccccc3C[C@@H]4CCCNC(C)=O)cc2C[C@H](CCC#N)c2ccccc21. The van der Waals surface area contributed by atoms with Crippen molar-refractivity contribution >= 4 is 5.91 Å². The molecule has 0 unspecified atom stereocenters. The highest BCUT2D eigenvalue weighted by atomic mass is 16.1. The lowest BCUT2D eigenvalue weighted by Gasteiger charge is -2.34. The van der Waals surface area contributed by atoms with Gasteiger partial charge in [0.05, 0.1) is 17.1 Å². The lowest BCUT2D eigenvalue weighted by Crippen LogP contribution is -2.39. The van der Waals surface area contributed by atoms with Crippen molar-refractivity contribution in [1.82, 2.24) is 16.0 Å². The van der Waals surface area contributed by atoms with Gasteiger partial charge in [-0.15, -0.1) is 0 Å². The van der Waals surface area contributed by atoms with E-state index in [4.69, 9.17) is 0 Å². The first-order valence-corrected chi connectivity index (χ1v) is 17.2. The van der Waals surface area contributed by atoms with Crippen molar-refractivity contribution < 1.29 is 4.79 Å². The molecule has 47 heavy (non-hydrogen) atoms. The molecule has 0 fully saturated rings. The highest BCUT2D eigenvalue weighted by molar-refractivity contribution is 5.72. The third-order valence-electron chi connectivity index (χ3n) is 11.1. The van der Waals surface area contributed by atoms with Gasteiger partial charge in [-0.1, -0.05) is 78.9 Å². The molecule has 4 aromatic rings. The van der Waals surface area contributed by atoms with Gasteiger partial charge < -0.3 is 16.0 Å². The van der Waals surface area contributed by atoms with Gasteiger partial charge >= 0.3 is 0 Å². The number of carbonyl (C=O) groups is 1. The van der Waals surface area contributed by atoms with Gasteiger partial charge in [-0.25, -0.2) is 0 Å². The Balaban J connectivity index is 1.45. The fourth-order valence-electron chi connectivity index (χ4n) is 8.40. The second kappa shape index (κ2) is 13.5. The smallest absolute Gasteiger partial charge is 0.216 e. The summed E-state index contributed by atoms with van der Waals surface area (Å²) in [6.45, 7) is 6.90. The van der Waals surface area contributed by atoms with Crippen molar-refractivity contribution in [2.75, 3.05) is 20.6 Å². The van der Waals surface area contributed by atoms with Crippen LogP contribution in [0.2, 0.25) is 0 Å². The van der Waals surface area contributed by atoms with E-state index < -0.39 is 0 Å². The normalized spacial score (nSPS) is 22.8. The fraction of sp³-hybridized carbons (Fsp3) is 0.381. The standard InChI is InChI=1S/C42H48N4O/c1-28(47)46-23-11-14-32-25-33-12-6-8-16-37(33)42(3,45-5)40-27-30(18-20-36(32)40)29-19-21-38-34(24-29)26-31(13-10-22-43)35-15-7-9-17-39(35)41(38,2)44-4/h6-9,12,15-21,24,27,31-32,44-45H,10-11,13-14,23,25-26H2,1-5H3,(H,46,47)/t31-,32-,41+,42+/m0/s1. The number of hydrogen-bond donors (Lipinski definition) is 3. The zero-order valence-corrected chi connectivity index (χ0v) is 28.5. The van der Waals surface area contributed by atoms with Gasteiger partial charge in [0.15, 0.2) is 0 Å². The summed E-state index contributed by atoms with van der Waals surface area (Å²) >= 11 is 0. The van der Waals surface area contributed by atoms with E-state index >= 15 is 0 Å². The third-order valence-corrected chi connectivity index (χ3v) is 11.1. The van der Waals surface area contributed by atoms with Crippen molar-refractivity contribution in [2.45, 2.75) is 82.2 Å². The summed E-state index contributed by atoms with van der Waals surface area (Å²) in [4.78, 5) is 11.6. The first-order valence-electron chi connectivity index (χ1n) is 17.2. The van der Waals surface area contributed by atoms with E-state index in [1.165, 1.54) is 55.6 Å². The van der Waals surface area contributed by atoms with Gasteiger partial charge in [0.1, 0.15) is 0 Å². The summed E-state index contributed by atoms with van der Waals surface area (Å²) < 4.78 is 0. The number of benzene rings is 4. The topological polar surface area (TPSA) is 76.9 Å². The molecule has 0 spiro atoms. The van der Waals surface area contributed by atoms with E-state index in [0.29, 0.717) is 18.9 Å². The second-order valence-electron chi connectivity index (χ2n) is 13.8. The van der Waals surface area contributed by atoms with E-state index in [-0.39, 0.29) is 22.9 Å². The van der Waals surface area contributed by atoms with Crippen LogP contribution < -0.4 is 16.0 Å². The summed E-state index contributed by atoms with van der Waals surface area (Å²) in [7, 11) is 4.13. The number of amides is 1. The van der Waals surface area contributed by atoms with E-state index in [2.05, 4.69) is 135 Å². The maximum absolute atomic E-state index is 11.6. The summed E-state index contributed by atoms with van der Waals surface area (Å²) in [6, 6.07) is 34.2. The molecule has 2 aliphatic rings. The molecule has 0 radical (unpaired) electrons. The van der Waals surface area contributed by atoms with Crippen LogP contribution in [-0.2, 0) is 28.7 Å². The Bertz CT molecular complexity index is 1820. The third kappa shape index (κ3) is 6.02. The number of fused-ring (bicyclic) bond motifs is 4. The first-order chi connectivity index (χ1) is 22.7. The molecule has 0 heterocycles. The van der Waals surface area contributed by atoms with Gasteiger partial charge in [-0.2, -0.15) is 5.26 Å². The molecule has 1 amide bonds. The lowest BCUT2D eigenvalue weighted by molar-refractivity contribution is -0.118. The van der Waals surface area contributed by atoms with E-state index in [1.54, 1.807) is 6.92 Å². The van der Waals surface area contributed by atoms with Crippen LogP contribution >= 0.6 is 0 Å². The van der Waals surface area contributed by atoms with Crippen LogP contribution in [0.1, 0.15) is 103 Å². The molecule has 2 aliphatic carbocycles. The van der Waals surface area contributed by atoms with Crippen LogP contribution in [0.5, 0.6) is 0 Å². The Morgan fingerprint density at radius 1 is 0.745 bits per heavy atom. The predicted molar refractivity (Wildman–Crippen MR) is 191 cm³/mol. The summed E-state index contributed by atoms with van der Waals surface area (Å²) in [6.07, 6.45) is 5.22. The minimum atomic E-state index is -0.352. The molecule has 4 aromatic carbocycles. The van der Waals surface area contributed by atoms with E-state index in [1.807, 2.05) is 0 Å². The van der Waals surface area contributed by atoms with Crippen molar-refractivity contribution in [2.24, 2.45) is 0 Å². The average Bonchev–Trinajstić information content (AvgIpc) is 3.27. The Labute approximate surface area is 280 Å². The second-order valence-corrected chi connectivity index (χ2v) is 13.8. The Morgan fingerprint density at radius 2 is 1.34 bits per heavy atom. The maximum Gasteiger partial charge on any atom is 0.216 e. The zero-order chi connectivity index (χ0) is 33.2. The van der Waals surface area contributed by atoms with Crippen molar-refractivity contribution in [1.29, 1.82) is 5.26 Å². The van der Waals surface area contributed by atoms with Crippen LogP contribution in [0, 0.1) is 11.3 Å². The highest BCUT2D eigenvalue weighted by Crippen LogP contribution is 2.46. The largest absolute Gasteiger partial charge is 0.356 e. The van der Waals surface area contributed by atoms with Crippen molar-refractivity contribution in [3.63, 3.8) is 0 Å². The van der Waals surface area contributed by atoms with Gasteiger partial charge in [-0.3, -0.25) is 4.79 Å². The molecule has 0 aromatic heterocycles. The van der Waals surface area contributed by atoms with Gasteiger partial charge in [0.2, 0.25) is 5.91 Å². The molecule has 0 bridgehead atoms. The molecular formula is C42H48N4O. The summed E-state index contributed by atoms with van der Waals surface area (Å²) in [5.74, 6) is 0.663. The highest BCUT2D eigenvalue weighted by Gasteiger charge is 2.38. The average molecular weight is 625 g/mol. The number of nitrogens with one attached hydrogen (secondary N) is 3. The molecule has 3 N–H and O–H groups in total. The lowest BCUT2D eigenvalue weighted by atomic mass is 9.79. The summed E-state index contributed by atoms with van der Waals surface area (Å²) in [5, 5.41) is 19.9. The number of rotatable bonds is 9. The predicted octanol–water partition coefficient (Wildman–Crippen LogP) is 7.82. The monoisotopic (exact) mass is 624 g/mol. The number of carbonyl (C=O) groups excluding carboxylic acids is 1. The van der Waals surface area contributed by atoms with E-state index in [9.17, 15) is 10.1 Å². The minimum Gasteiger partial charge on any atom is -0.356 e. The molecule has 242 valence electrons. The minimum absolute atomic E-state index is 0.0278. The van der Waals surface area contributed by atoms with Crippen molar-refractivity contribution in [3.8, 4) is 17.2 Å².